The van der Waals surface area contributed by atoms with Crippen LogP contribution in [0.3, 0.4) is 0 Å². The van der Waals surface area contributed by atoms with E-state index in [1.165, 1.54) is 0 Å². The van der Waals surface area contributed by atoms with Gasteiger partial charge in [0.15, 0.2) is 17.0 Å². The zero-order valence-corrected chi connectivity index (χ0v) is 17.8. The van der Waals surface area contributed by atoms with Crippen LogP contribution in [0.2, 0.25) is 0 Å². The minimum absolute atomic E-state index is 0.260. The fraction of sp³-hybridized carbons (Fsp3) is 0.421. The van der Waals surface area contributed by atoms with Gasteiger partial charge in [-0.2, -0.15) is 9.97 Å². The van der Waals surface area contributed by atoms with Crippen molar-refractivity contribution in [1.29, 1.82) is 0 Å². The maximum atomic E-state index is 10.1. The topological polar surface area (TPSA) is 114 Å². The number of rotatable bonds is 5. The molecule has 1 aliphatic carbocycles. The summed E-state index contributed by atoms with van der Waals surface area (Å²) in [5.74, 6) is 1.50. The number of aromatic nitrogens is 4. The molecule has 9 heteroatoms. The molecule has 1 fully saturated rings. The quantitative estimate of drug-likeness (QED) is 0.404. The van der Waals surface area contributed by atoms with E-state index in [1.807, 2.05) is 23.7 Å². The summed E-state index contributed by atoms with van der Waals surface area (Å²) < 4.78 is 2.95. The highest BCUT2D eigenvalue weighted by Crippen LogP contribution is 2.26. The molecule has 1 saturated carbocycles. The molecule has 3 aromatic rings. The van der Waals surface area contributed by atoms with Crippen LogP contribution >= 0.6 is 22.6 Å². The van der Waals surface area contributed by atoms with Crippen molar-refractivity contribution in [3.8, 4) is 5.75 Å². The van der Waals surface area contributed by atoms with Gasteiger partial charge in [0.05, 0.1) is 6.33 Å². The molecule has 4 rings (SSSR count). The van der Waals surface area contributed by atoms with Crippen LogP contribution in [-0.2, 0) is 13.6 Å². The molecular formula is C19H24IN7O. The van der Waals surface area contributed by atoms with Crippen LogP contribution in [0.5, 0.6) is 5.75 Å². The van der Waals surface area contributed by atoms with Crippen molar-refractivity contribution in [2.45, 2.75) is 44.3 Å². The number of halogens is 1. The van der Waals surface area contributed by atoms with Gasteiger partial charge in [-0.15, -0.1) is 0 Å². The maximum Gasteiger partial charge on any atom is 0.227 e. The van der Waals surface area contributed by atoms with Crippen molar-refractivity contribution in [3.05, 3.63) is 33.7 Å². The molecule has 0 unspecified atom stereocenters. The van der Waals surface area contributed by atoms with Crippen molar-refractivity contribution < 1.29 is 5.11 Å². The molecule has 28 heavy (non-hydrogen) atoms. The first-order valence-corrected chi connectivity index (χ1v) is 10.5. The average Bonchev–Trinajstić information content (AvgIpc) is 3.05. The number of anilines is 2. The second-order valence-corrected chi connectivity index (χ2v) is 8.55. The Balaban J connectivity index is 1.58. The molecule has 0 spiro atoms. The van der Waals surface area contributed by atoms with Crippen molar-refractivity contribution in [1.82, 2.24) is 19.5 Å². The van der Waals surface area contributed by atoms with E-state index in [4.69, 9.17) is 5.73 Å². The number of phenols is 1. The molecule has 0 amide bonds. The van der Waals surface area contributed by atoms with Crippen LogP contribution in [-0.4, -0.2) is 36.7 Å². The van der Waals surface area contributed by atoms with Gasteiger partial charge in [0, 0.05) is 34.8 Å². The first-order valence-electron chi connectivity index (χ1n) is 9.42. The second-order valence-electron chi connectivity index (χ2n) is 7.31. The lowest BCUT2D eigenvalue weighted by atomic mass is 9.92. The monoisotopic (exact) mass is 493 g/mol. The third-order valence-corrected chi connectivity index (χ3v) is 5.82. The molecule has 1 aliphatic rings. The van der Waals surface area contributed by atoms with Crippen molar-refractivity contribution in [3.63, 3.8) is 0 Å². The van der Waals surface area contributed by atoms with Crippen LogP contribution in [0, 0.1) is 3.57 Å². The van der Waals surface area contributed by atoms with Crippen LogP contribution in [0.15, 0.2) is 24.5 Å². The minimum atomic E-state index is 0.260. The first-order chi connectivity index (χ1) is 13.5. The summed E-state index contributed by atoms with van der Waals surface area (Å²) in [6, 6.07) is 6.16. The molecule has 148 valence electrons. The molecule has 2 aromatic heterocycles. The predicted octanol–water partition coefficient (Wildman–Crippen LogP) is 2.97. The van der Waals surface area contributed by atoms with Crippen LogP contribution < -0.4 is 16.4 Å². The lowest BCUT2D eigenvalue weighted by Gasteiger charge is -2.26. The third kappa shape index (κ3) is 4.14. The van der Waals surface area contributed by atoms with Gasteiger partial charge in [0.1, 0.15) is 5.75 Å². The molecule has 8 nitrogen and oxygen atoms in total. The van der Waals surface area contributed by atoms with Gasteiger partial charge in [-0.1, -0.05) is 0 Å². The summed E-state index contributed by atoms with van der Waals surface area (Å²) in [7, 11) is 1.92. The highest BCUT2D eigenvalue weighted by molar-refractivity contribution is 14.1. The average molecular weight is 493 g/mol. The van der Waals surface area contributed by atoms with Gasteiger partial charge < -0.3 is 26.0 Å². The van der Waals surface area contributed by atoms with Crippen molar-refractivity contribution in [2.75, 3.05) is 10.6 Å². The van der Waals surface area contributed by atoms with E-state index in [2.05, 4.69) is 48.2 Å². The normalized spacial score (nSPS) is 19.7. The summed E-state index contributed by atoms with van der Waals surface area (Å²) in [6.45, 7) is 0.448. The van der Waals surface area contributed by atoms with Gasteiger partial charge in [0.25, 0.3) is 0 Å². The van der Waals surface area contributed by atoms with Crippen LogP contribution in [0.1, 0.15) is 31.2 Å². The number of nitrogens with zero attached hydrogens (tertiary/aromatic N) is 4. The fourth-order valence-corrected chi connectivity index (χ4v) is 4.07. The number of aromatic hydroxyl groups is 1. The molecule has 5 N–H and O–H groups in total. The zero-order chi connectivity index (χ0) is 19.7. The molecular weight excluding hydrogens is 469 g/mol. The third-order valence-electron chi connectivity index (χ3n) is 5.15. The Morgan fingerprint density at radius 2 is 2.04 bits per heavy atom. The number of hydrogen-bond donors (Lipinski definition) is 4. The molecule has 2 heterocycles. The largest absolute Gasteiger partial charge is 0.508 e. The lowest BCUT2D eigenvalue weighted by Crippen LogP contribution is -2.33. The van der Waals surface area contributed by atoms with Crippen LogP contribution in [0.4, 0.5) is 11.8 Å². The van der Waals surface area contributed by atoms with E-state index in [0.29, 0.717) is 35.9 Å². The van der Waals surface area contributed by atoms with Crippen LogP contribution in [0.25, 0.3) is 11.2 Å². The molecule has 0 saturated heterocycles. The fourth-order valence-electron chi connectivity index (χ4n) is 3.52. The Morgan fingerprint density at radius 3 is 2.82 bits per heavy atom. The van der Waals surface area contributed by atoms with Gasteiger partial charge >= 0.3 is 0 Å². The highest BCUT2D eigenvalue weighted by Gasteiger charge is 2.20. The summed E-state index contributed by atoms with van der Waals surface area (Å²) in [5, 5.41) is 16.9. The number of benzene rings is 1. The van der Waals surface area contributed by atoms with Gasteiger partial charge in [-0.05, 0) is 66.5 Å². The minimum Gasteiger partial charge on any atom is -0.508 e. The van der Waals surface area contributed by atoms with Crippen molar-refractivity contribution >= 4 is 45.5 Å². The summed E-state index contributed by atoms with van der Waals surface area (Å²) in [4.78, 5) is 13.8. The van der Waals surface area contributed by atoms with Gasteiger partial charge in [-0.3, -0.25) is 0 Å². The number of fused-ring (bicyclic) bond motifs is 1. The van der Waals surface area contributed by atoms with E-state index in [-0.39, 0.29) is 5.75 Å². The smallest absolute Gasteiger partial charge is 0.227 e. The maximum absolute atomic E-state index is 10.1. The highest BCUT2D eigenvalue weighted by atomic mass is 127. The van der Waals surface area contributed by atoms with Gasteiger partial charge in [0.2, 0.25) is 5.95 Å². The first kappa shape index (κ1) is 19.2. The molecule has 0 radical (unpaired) electrons. The van der Waals surface area contributed by atoms with Crippen molar-refractivity contribution in [2.24, 2.45) is 12.8 Å². The van der Waals surface area contributed by atoms with E-state index >= 15 is 0 Å². The van der Waals surface area contributed by atoms with E-state index in [1.54, 1.807) is 12.4 Å². The predicted molar refractivity (Wildman–Crippen MR) is 118 cm³/mol. The summed E-state index contributed by atoms with van der Waals surface area (Å²) in [6.07, 6.45) is 5.81. The number of aryl methyl sites for hydroxylation is 1. The van der Waals surface area contributed by atoms with Gasteiger partial charge in [-0.25, -0.2) is 4.98 Å². The number of hydrogen-bond acceptors (Lipinski definition) is 7. The number of nitrogens with two attached hydrogens (primary N) is 1. The number of phenolic OH excluding ortho intramolecular Hbond substituents is 1. The summed E-state index contributed by atoms with van der Waals surface area (Å²) >= 11 is 2.23. The molecule has 0 bridgehead atoms. The SMILES string of the molecule is Cn1cnc2c(NCc3cc(I)ccc3O)nc(NC3CCC(N)CC3)nc21. The van der Waals surface area contributed by atoms with E-state index in [0.717, 1.165) is 40.5 Å². The Bertz CT molecular complexity index is 982. The lowest BCUT2D eigenvalue weighted by molar-refractivity contribution is 0.410. The standard InChI is InChI=1S/C19H24IN7O/c1-27-10-23-16-17(22-9-11-8-12(20)2-7-15(11)28)25-19(26-18(16)27)24-14-5-3-13(21)4-6-14/h2,7-8,10,13-14,28H,3-6,9,21H2,1H3,(H2,22,24,25,26). The number of imidazole rings is 1. The molecule has 0 aliphatic heterocycles. The Labute approximate surface area is 177 Å². The second kappa shape index (κ2) is 8.08. The Hall–Kier alpha value is -2.14. The number of nitrogens with one attached hydrogen (secondary N) is 2. The Morgan fingerprint density at radius 1 is 1.25 bits per heavy atom. The van der Waals surface area contributed by atoms with E-state index in [9.17, 15) is 5.11 Å². The zero-order valence-electron chi connectivity index (χ0n) is 15.7. The Kier molecular flexibility index (Phi) is 5.54. The molecule has 0 atom stereocenters. The summed E-state index contributed by atoms with van der Waals surface area (Å²) in [5.41, 5.74) is 8.30. The van der Waals surface area contributed by atoms with E-state index < -0.39 is 0 Å². The molecule has 1 aromatic carbocycles.